The lowest BCUT2D eigenvalue weighted by Crippen LogP contribution is -2.16. The zero-order valence-electron chi connectivity index (χ0n) is 5.83. The second-order valence-corrected chi connectivity index (χ2v) is 3.24. The van der Waals surface area contributed by atoms with Gasteiger partial charge in [0.2, 0.25) is 0 Å². The van der Waals surface area contributed by atoms with Crippen molar-refractivity contribution in [1.82, 2.24) is 0 Å². The van der Waals surface area contributed by atoms with Gasteiger partial charge in [0.25, 0.3) is 0 Å². The van der Waals surface area contributed by atoms with Crippen LogP contribution in [0.3, 0.4) is 0 Å². The van der Waals surface area contributed by atoms with Crippen molar-refractivity contribution in [1.29, 1.82) is 0 Å². The van der Waals surface area contributed by atoms with Crippen LogP contribution in [0.1, 0.15) is 13.3 Å². The van der Waals surface area contributed by atoms with Crippen molar-refractivity contribution < 1.29 is 12.6 Å². The van der Waals surface area contributed by atoms with Crippen LogP contribution in [0.4, 0.5) is 0 Å². The van der Waals surface area contributed by atoms with Gasteiger partial charge < -0.3 is 0 Å². The van der Waals surface area contributed by atoms with E-state index < -0.39 is 10.3 Å². The highest BCUT2D eigenvalue weighted by atomic mass is 32.2. The van der Waals surface area contributed by atoms with Gasteiger partial charge in [0.15, 0.2) is 0 Å². The summed E-state index contributed by atoms with van der Waals surface area (Å²) in [5, 5.41) is 4.54. The predicted molar refractivity (Wildman–Crippen MR) is 38.5 cm³/mol. The van der Waals surface area contributed by atoms with Crippen molar-refractivity contribution in [3.05, 3.63) is 12.2 Å². The third kappa shape index (κ3) is 7.61. The summed E-state index contributed by atoms with van der Waals surface area (Å²) in [6.07, 6.45) is 0.510. The SMILES string of the molecule is C=C(C)CCOS(N)(=O)=O. The molecule has 10 heavy (non-hydrogen) atoms. The topological polar surface area (TPSA) is 69.4 Å². The van der Waals surface area contributed by atoms with Crippen LogP contribution in [-0.4, -0.2) is 15.0 Å². The molecular formula is C5H11NO3S. The molecule has 0 bridgehead atoms. The average molecular weight is 165 g/mol. The van der Waals surface area contributed by atoms with Crippen molar-refractivity contribution in [2.75, 3.05) is 6.61 Å². The molecule has 0 atom stereocenters. The van der Waals surface area contributed by atoms with E-state index in [1.807, 2.05) is 0 Å². The second-order valence-electron chi connectivity index (χ2n) is 2.02. The van der Waals surface area contributed by atoms with Crippen molar-refractivity contribution in [2.45, 2.75) is 13.3 Å². The normalized spacial score (nSPS) is 11.4. The van der Waals surface area contributed by atoms with Crippen molar-refractivity contribution in [3.63, 3.8) is 0 Å². The molecular weight excluding hydrogens is 154 g/mol. The Morgan fingerprint density at radius 1 is 1.70 bits per heavy atom. The first-order valence-corrected chi connectivity index (χ1v) is 4.20. The number of hydrogen-bond acceptors (Lipinski definition) is 3. The van der Waals surface area contributed by atoms with Crippen molar-refractivity contribution >= 4 is 10.3 Å². The standard InChI is InChI=1S/C5H11NO3S/c1-5(2)3-4-9-10(6,7)8/h1,3-4H2,2H3,(H2,6,7,8). The minimum absolute atomic E-state index is 0.0775. The maximum absolute atomic E-state index is 10.1. The lowest BCUT2D eigenvalue weighted by atomic mass is 10.3. The molecule has 0 saturated carbocycles. The summed E-state index contributed by atoms with van der Waals surface area (Å²) in [5.41, 5.74) is 0.864. The van der Waals surface area contributed by atoms with E-state index in [1.165, 1.54) is 0 Å². The zero-order chi connectivity index (χ0) is 8.20. The Morgan fingerprint density at radius 3 is 2.50 bits per heavy atom. The van der Waals surface area contributed by atoms with Crippen LogP contribution < -0.4 is 5.14 Å². The molecule has 0 amide bonds. The maximum Gasteiger partial charge on any atom is 0.333 e. The maximum atomic E-state index is 10.1. The van der Waals surface area contributed by atoms with Gasteiger partial charge in [-0.3, -0.25) is 4.18 Å². The summed E-state index contributed by atoms with van der Waals surface area (Å²) >= 11 is 0. The average Bonchev–Trinajstić information content (AvgIpc) is 1.59. The Balaban J connectivity index is 3.49. The minimum atomic E-state index is -3.76. The smallest absolute Gasteiger partial charge is 0.258 e. The molecule has 0 aromatic carbocycles. The van der Waals surface area contributed by atoms with Crippen LogP contribution in [-0.2, 0) is 14.5 Å². The molecule has 0 rings (SSSR count). The molecule has 2 N–H and O–H groups in total. The largest absolute Gasteiger partial charge is 0.333 e. The van der Waals surface area contributed by atoms with Crippen LogP contribution in [0, 0.1) is 0 Å². The summed E-state index contributed by atoms with van der Waals surface area (Å²) < 4.78 is 24.5. The van der Waals surface area contributed by atoms with Gasteiger partial charge in [-0.1, -0.05) is 5.57 Å². The third-order valence-corrected chi connectivity index (χ3v) is 1.27. The van der Waals surface area contributed by atoms with Gasteiger partial charge in [0.1, 0.15) is 0 Å². The molecule has 0 spiro atoms. The molecule has 0 heterocycles. The number of rotatable bonds is 4. The monoisotopic (exact) mass is 165 g/mol. The summed E-state index contributed by atoms with van der Waals surface area (Å²) in [6, 6.07) is 0. The lowest BCUT2D eigenvalue weighted by molar-refractivity contribution is 0.322. The summed E-state index contributed by atoms with van der Waals surface area (Å²) in [7, 11) is -3.76. The van der Waals surface area contributed by atoms with E-state index in [-0.39, 0.29) is 6.61 Å². The van der Waals surface area contributed by atoms with Gasteiger partial charge in [-0.15, -0.1) is 6.58 Å². The molecule has 0 aromatic rings. The second kappa shape index (κ2) is 3.70. The van der Waals surface area contributed by atoms with Crippen LogP contribution in [0.15, 0.2) is 12.2 Å². The fourth-order valence-corrected chi connectivity index (χ4v) is 0.648. The Labute approximate surface area is 60.9 Å². The van der Waals surface area contributed by atoms with E-state index in [1.54, 1.807) is 6.92 Å². The summed E-state index contributed by atoms with van der Waals surface area (Å²) in [4.78, 5) is 0. The highest BCUT2D eigenvalue weighted by Gasteiger charge is 1.99. The quantitative estimate of drug-likeness (QED) is 0.604. The third-order valence-electron chi connectivity index (χ3n) is 0.776. The van der Waals surface area contributed by atoms with Gasteiger partial charge in [0, 0.05) is 0 Å². The first-order valence-electron chi connectivity index (χ1n) is 2.73. The summed E-state index contributed by atoms with van der Waals surface area (Å²) in [6.45, 7) is 5.42. The molecule has 0 saturated heterocycles. The van der Waals surface area contributed by atoms with E-state index in [2.05, 4.69) is 15.9 Å². The molecule has 0 aliphatic rings. The molecule has 4 nitrogen and oxygen atoms in total. The Hall–Kier alpha value is -0.390. The van der Waals surface area contributed by atoms with Crippen LogP contribution >= 0.6 is 0 Å². The van der Waals surface area contributed by atoms with Gasteiger partial charge in [0.05, 0.1) is 6.61 Å². The molecule has 0 aliphatic heterocycles. The van der Waals surface area contributed by atoms with Gasteiger partial charge >= 0.3 is 10.3 Å². The van der Waals surface area contributed by atoms with Crippen molar-refractivity contribution in [3.8, 4) is 0 Å². The molecule has 0 radical (unpaired) electrons. The molecule has 0 aliphatic carbocycles. The first-order chi connectivity index (χ1) is 4.42. The minimum Gasteiger partial charge on any atom is -0.258 e. The Bertz CT molecular complexity index is 207. The molecule has 5 heteroatoms. The Morgan fingerprint density at radius 2 is 2.20 bits per heavy atom. The highest BCUT2D eigenvalue weighted by Crippen LogP contribution is 1.96. The fraction of sp³-hybridized carbons (Fsp3) is 0.600. The van der Waals surface area contributed by atoms with E-state index >= 15 is 0 Å². The van der Waals surface area contributed by atoms with Gasteiger partial charge in [-0.2, -0.15) is 8.42 Å². The number of nitrogens with two attached hydrogens (primary N) is 1. The first kappa shape index (κ1) is 9.61. The van der Waals surface area contributed by atoms with Crippen LogP contribution in [0.25, 0.3) is 0 Å². The fourth-order valence-electron chi connectivity index (χ4n) is 0.332. The van der Waals surface area contributed by atoms with Crippen molar-refractivity contribution in [2.24, 2.45) is 5.14 Å². The molecule has 0 fully saturated rings. The van der Waals surface area contributed by atoms with E-state index in [0.717, 1.165) is 5.57 Å². The van der Waals surface area contributed by atoms with Gasteiger partial charge in [-0.05, 0) is 13.3 Å². The zero-order valence-corrected chi connectivity index (χ0v) is 6.65. The number of hydrogen-bond donors (Lipinski definition) is 1. The van der Waals surface area contributed by atoms with E-state index in [9.17, 15) is 8.42 Å². The summed E-state index contributed by atoms with van der Waals surface area (Å²) in [5.74, 6) is 0. The van der Waals surface area contributed by atoms with E-state index in [0.29, 0.717) is 6.42 Å². The highest BCUT2D eigenvalue weighted by molar-refractivity contribution is 7.84. The predicted octanol–water partition coefficient (Wildman–Crippen LogP) is 0.173. The van der Waals surface area contributed by atoms with Gasteiger partial charge in [-0.25, -0.2) is 5.14 Å². The lowest BCUT2D eigenvalue weighted by Gasteiger charge is -1.98. The van der Waals surface area contributed by atoms with Crippen LogP contribution in [0.2, 0.25) is 0 Å². The van der Waals surface area contributed by atoms with E-state index in [4.69, 9.17) is 0 Å². The Kier molecular flexibility index (Phi) is 3.55. The van der Waals surface area contributed by atoms with Crippen LogP contribution in [0.5, 0.6) is 0 Å². The molecule has 0 aromatic heterocycles. The molecule has 0 unspecified atom stereocenters. The molecule has 60 valence electrons.